The number of amides is 1. The zero-order valence-electron chi connectivity index (χ0n) is 20.7. The predicted octanol–water partition coefficient (Wildman–Crippen LogP) is 3.26. The first-order valence-corrected chi connectivity index (χ1v) is 14.6. The number of aryl methyl sites for hydroxylation is 1. The van der Waals surface area contributed by atoms with Gasteiger partial charge in [0, 0.05) is 62.8 Å². The van der Waals surface area contributed by atoms with Gasteiger partial charge < -0.3 is 9.80 Å². The molecule has 1 amide bonds. The first-order valence-electron chi connectivity index (χ1n) is 12.7. The zero-order chi connectivity index (χ0) is 24.6. The first kappa shape index (κ1) is 24.1. The number of aromatic nitrogens is 2. The second-order valence-electron chi connectivity index (χ2n) is 10.3. The third-order valence-electron chi connectivity index (χ3n) is 7.34. The number of hydrogen-bond acceptors (Lipinski definition) is 6. The van der Waals surface area contributed by atoms with Gasteiger partial charge in [0.25, 0.3) is 0 Å². The lowest BCUT2D eigenvalue weighted by Gasteiger charge is -2.39. The summed E-state index contributed by atoms with van der Waals surface area (Å²) in [6.45, 7) is 6.79. The summed E-state index contributed by atoms with van der Waals surface area (Å²) < 4.78 is 26.4. The standard InChI is InChI=1S/C25H36N6O3S/c1-19-5-6-20(23(17-19)28-12-3-4-13-28)18-30(21-7-8-21)22-9-14-29(15-10-22)25(32)31-16-11-24(26-31)27-35(2,33)34/h5-6,11,16-17,21-22H,3-4,7-10,12-15,18H2,1-2H3,(H,26,27). The van der Waals surface area contributed by atoms with E-state index in [-0.39, 0.29) is 11.8 Å². The van der Waals surface area contributed by atoms with Crippen molar-refractivity contribution < 1.29 is 13.2 Å². The van der Waals surface area contributed by atoms with Crippen LogP contribution in [-0.4, -0.2) is 78.5 Å². The van der Waals surface area contributed by atoms with Crippen molar-refractivity contribution in [1.29, 1.82) is 0 Å². The zero-order valence-corrected chi connectivity index (χ0v) is 21.5. The lowest BCUT2D eigenvalue weighted by atomic mass is 10.0. The fourth-order valence-corrected chi connectivity index (χ4v) is 5.92. The smallest absolute Gasteiger partial charge is 0.344 e. The van der Waals surface area contributed by atoms with Crippen LogP contribution in [0.25, 0.3) is 0 Å². The molecule has 10 heteroatoms. The summed E-state index contributed by atoms with van der Waals surface area (Å²) >= 11 is 0. The molecule has 0 bridgehead atoms. The third-order valence-corrected chi connectivity index (χ3v) is 7.92. The quantitative estimate of drug-likeness (QED) is 0.628. The average Bonchev–Trinajstić information content (AvgIpc) is 3.31. The van der Waals surface area contributed by atoms with E-state index in [1.807, 2.05) is 4.90 Å². The number of hydrogen-bond donors (Lipinski definition) is 1. The SMILES string of the molecule is Cc1ccc(CN(C2CC2)C2CCN(C(=O)n3ccc(NS(C)(=O)=O)n3)CC2)c(N2CCCC2)c1. The highest BCUT2D eigenvalue weighted by Gasteiger charge is 2.37. The molecule has 3 heterocycles. The summed E-state index contributed by atoms with van der Waals surface area (Å²) in [5.74, 6) is 0.155. The van der Waals surface area contributed by atoms with Crippen LogP contribution >= 0.6 is 0 Å². The second-order valence-corrected chi connectivity index (χ2v) is 12.0. The Morgan fingerprint density at radius 1 is 1.06 bits per heavy atom. The Morgan fingerprint density at radius 2 is 1.74 bits per heavy atom. The summed E-state index contributed by atoms with van der Waals surface area (Å²) in [5.41, 5.74) is 4.14. The molecule has 190 valence electrons. The largest absolute Gasteiger partial charge is 0.371 e. The number of carbonyl (C=O) groups excluding carboxylic acids is 1. The molecular weight excluding hydrogens is 464 g/mol. The topological polar surface area (TPSA) is 90.8 Å². The van der Waals surface area contributed by atoms with E-state index >= 15 is 0 Å². The van der Waals surface area contributed by atoms with Gasteiger partial charge in [0.2, 0.25) is 10.0 Å². The number of piperidine rings is 1. The number of nitrogens with one attached hydrogen (secondary N) is 1. The molecule has 2 aromatic rings. The van der Waals surface area contributed by atoms with Crippen LogP contribution in [0, 0.1) is 6.92 Å². The van der Waals surface area contributed by atoms with Crippen molar-refractivity contribution in [3.05, 3.63) is 41.6 Å². The summed E-state index contributed by atoms with van der Waals surface area (Å²) in [7, 11) is -3.43. The molecule has 1 aromatic carbocycles. The van der Waals surface area contributed by atoms with Crippen molar-refractivity contribution in [1.82, 2.24) is 19.6 Å². The van der Waals surface area contributed by atoms with Crippen molar-refractivity contribution in [2.75, 3.05) is 42.1 Å². The summed E-state index contributed by atoms with van der Waals surface area (Å²) in [6, 6.07) is 9.29. The fourth-order valence-electron chi connectivity index (χ4n) is 5.43. The van der Waals surface area contributed by atoms with Crippen molar-refractivity contribution in [2.24, 2.45) is 0 Å². The summed E-state index contributed by atoms with van der Waals surface area (Å²) in [6.07, 6.45) is 9.50. The van der Waals surface area contributed by atoms with E-state index in [0.29, 0.717) is 25.2 Å². The van der Waals surface area contributed by atoms with Gasteiger partial charge in [0.15, 0.2) is 5.82 Å². The molecule has 35 heavy (non-hydrogen) atoms. The average molecular weight is 501 g/mol. The normalized spacial score (nSPS) is 19.5. The highest BCUT2D eigenvalue weighted by Crippen LogP contribution is 2.36. The highest BCUT2D eigenvalue weighted by molar-refractivity contribution is 7.92. The van der Waals surface area contributed by atoms with Crippen LogP contribution in [-0.2, 0) is 16.6 Å². The Morgan fingerprint density at radius 3 is 2.40 bits per heavy atom. The number of nitrogens with zero attached hydrogens (tertiary/aromatic N) is 5. The molecule has 1 aromatic heterocycles. The highest BCUT2D eigenvalue weighted by atomic mass is 32.2. The third kappa shape index (κ3) is 5.81. The van der Waals surface area contributed by atoms with Crippen molar-refractivity contribution in [3.8, 4) is 0 Å². The Bertz CT molecular complexity index is 1160. The molecule has 1 N–H and O–H groups in total. The summed E-state index contributed by atoms with van der Waals surface area (Å²) in [4.78, 5) is 20.0. The van der Waals surface area contributed by atoms with Crippen molar-refractivity contribution >= 4 is 27.6 Å². The van der Waals surface area contributed by atoms with E-state index in [1.54, 1.807) is 0 Å². The molecule has 2 saturated heterocycles. The number of sulfonamides is 1. The van der Waals surface area contributed by atoms with Gasteiger partial charge in [0.05, 0.1) is 6.26 Å². The monoisotopic (exact) mass is 500 g/mol. The maximum absolute atomic E-state index is 12.9. The molecule has 3 fully saturated rings. The van der Waals surface area contributed by atoms with Gasteiger partial charge in [-0.05, 0) is 62.6 Å². The second kappa shape index (κ2) is 9.81. The minimum absolute atomic E-state index is 0.155. The van der Waals surface area contributed by atoms with E-state index in [4.69, 9.17) is 0 Å². The maximum Gasteiger partial charge on any atom is 0.344 e. The molecular formula is C25H36N6O3S. The van der Waals surface area contributed by atoms with Crippen molar-refractivity contribution in [3.63, 3.8) is 0 Å². The summed E-state index contributed by atoms with van der Waals surface area (Å²) in [5, 5.41) is 4.09. The van der Waals surface area contributed by atoms with Gasteiger partial charge in [0.1, 0.15) is 0 Å². The van der Waals surface area contributed by atoms with Crippen LogP contribution in [0.4, 0.5) is 16.3 Å². The molecule has 5 rings (SSSR count). The van der Waals surface area contributed by atoms with E-state index in [0.717, 1.165) is 38.7 Å². The lowest BCUT2D eigenvalue weighted by Crippen LogP contribution is -2.48. The molecule has 9 nitrogen and oxygen atoms in total. The minimum Gasteiger partial charge on any atom is -0.371 e. The molecule has 3 aliphatic rings. The first-order chi connectivity index (χ1) is 16.8. The number of rotatable bonds is 7. The van der Waals surface area contributed by atoms with Crippen LogP contribution in [0.2, 0.25) is 0 Å². The van der Waals surface area contributed by atoms with Gasteiger partial charge in [-0.3, -0.25) is 9.62 Å². The number of anilines is 2. The molecule has 0 radical (unpaired) electrons. The molecule has 1 aliphatic carbocycles. The Hall–Kier alpha value is -2.59. The Labute approximate surface area is 208 Å². The van der Waals surface area contributed by atoms with Crippen LogP contribution < -0.4 is 9.62 Å². The van der Waals surface area contributed by atoms with E-state index in [9.17, 15) is 13.2 Å². The lowest BCUT2D eigenvalue weighted by molar-refractivity contribution is 0.105. The van der Waals surface area contributed by atoms with Crippen LogP contribution in [0.1, 0.15) is 49.7 Å². The van der Waals surface area contributed by atoms with Gasteiger partial charge in [-0.15, -0.1) is 5.10 Å². The maximum atomic E-state index is 12.9. The van der Waals surface area contributed by atoms with E-state index in [2.05, 4.69) is 44.7 Å². The fraction of sp³-hybridized carbons (Fsp3) is 0.600. The van der Waals surface area contributed by atoms with E-state index < -0.39 is 10.0 Å². The number of carbonyl (C=O) groups is 1. The minimum atomic E-state index is -3.43. The van der Waals surface area contributed by atoms with Crippen LogP contribution in [0.5, 0.6) is 0 Å². The van der Waals surface area contributed by atoms with Gasteiger partial charge in [-0.2, -0.15) is 4.68 Å². The predicted molar refractivity (Wildman–Crippen MR) is 137 cm³/mol. The van der Waals surface area contributed by atoms with Gasteiger partial charge >= 0.3 is 6.03 Å². The molecule has 0 atom stereocenters. The number of likely N-dealkylation sites (tertiary alicyclic amines) is 1. The van der Waals surface area contributed by atoms with Crippen molar-refractivity contribution in [2.45, 2.75) is 64.1 Å². The Balaban J connectivity index is 1.23. The molecule has 0 spiro atoms. The van der Waals surface area contributed by atoms with Gasteiger partial charge in [-0.1, -0.05) is 12.1 Å². The molecule has 0 unspecified atom stereocenters. The van der Waals surface area contributed by atoms with Crippen LogP contribution in [0.3, 0.4) is 0 Å². The molecule has 2 aliphatic heterocycles. The Kier molecular flexibility index (Phi) is 6.76. The number of benzene rings is 1. The van der Waals surface area contributed by atoms with Crippen LogP contribution in [0.15, 0.2) is 30.5 Å². The van der Waals surface area contributed by atoms with Gasteiger partial charge in [-0.25, -0.2) is 13.2 Å². The van der Waals surface area contributed by atoms with E-state index in [1.165, 1.54) is 59.4 Å². The molecule has 1 saturated carbocycles.